The highest BCUT2D eigenvalue weighted by Crippen LogP contribution is 2.26. The van der Waals surface area contributed by atoms with Gasteiger partial charge in [0.1, 0.15) is 12.4 Å². The third-order valence-electron chi connectivity index (χ3n) is 1.56. The Morgan fingerprint density at radius 2 is 2.21 bits per heavy atom. The predicted octanol–water partition coefficient (Wildman–Crippen LogP) is 3.23. The Kier molecular flexibility index (Phi) is 4.65. The van der Waals surface area contributed by atoms with Crippen molar-refractivity contribution in [2.24, 2.45) is 0 Å². The van der Waals surface area contributed by atoms with Crippen LogP contribution in [0, 0.1) is 0 Å². The summed E-state index contributed by atoms with van der Waals surface area (Å²) in [7, 11) is 0. The summed E-state index contributed by atoms with van der Waals surface area (Å²) in [6.07, 6.45) is 0. The van der Waals surface area contributed by atoms with Crippen LogP contribution in [-0.4, -0.2) is 11.7 Å². The average Bonchev–Trinajstić information content (AvgIpc) is 2.15. The molecule has 14 heavy (non-hydrogen) atoms. The van der Waals surface area contributed by atoms with E-state index in [9.17, 15) is 0 Å². The number of rotatable bonds is 4. The Hall–Kier alpha value is -0.320. The normalized spacial score (nSPS) is 9.93. The highest BCUT2D eigenvalue weighted by Gasteiger charge is 2.02. The van der Waals surface area contributed by atoms with Crippen LogP contribution >= 0.6 is 31.9 Å². The molecule has 1 aromatic rings. The predicted molar refractivity (Wildman–Crippen MR) is 63.6 cm³/mol. The van der Waals surface area contributed by atoms with Gasteiger partial charge in [-0.1, -0.05) is 28.6 Å². The number of halogens is 2. The molecular weight excluding hydrogens is 312 g/mol. The highest BCUT2D eigenvalue weighted by atomic mass is 79.9. The molecule has 0 aromatic heterocycles. The molecule has 0 bridgehead atoms. The molecule has 1 rings (SSSR count). The molecule has 0 unspecified atom stereocenters. The second-order valence-corrected chi connectivity index (χ2v) is 4.70. The summed E-state index contributed by atoms with van der Waals surface area (Å²) in [5.74, 6) is 0.739. The van der Waals surface area contributed by atoms with Gasteiger partial charge in [-0.05, 0) is 33.6 Å². The van der Waals surface area contributed by atoms with Crippen LogP contribution in [0.25, 0.3) is 0 Å². The second kappa shape index (κ2) is 5.53. The molecule has 0 fully saturated rings. The first-order valence-corrected chi connectivity index (χ1v) is 5.57. The van der Waals surface area contributed by atoms with Gasteiger partial charge in [-0.2, -0.15) is 0 Å². The minimum atomic E-state index is 0.0318. The van der Waals surface area contributed by atoms with Crippen molar-refractivity contribution in [3.63, 3.8) is 0 Å². The molecule has 0 aliphatic heterocycles. The molecule has 1 N–H and O–H groups in total. The lowest BCUT2D eigenvalue weighted by Crippen LogP contribution is -1.97. The van der Waals surface area contributed by atoms with Gasteiger partial charge in [0.2, 0.25) is 0 Å². The Balaban J connectivity index is 2.73. The lowest BCUT2D eigenvalue weighted by atomic mass is 10.2. The van der Waals surface area contributed by atoms with Crippen LogP contribution < -0.4 is 4.74 Å². The van der Waals surface area contributed by atoms with Crippen molar-refractivity contribution in [1.29, 1.82) is 0 Å². The van der Waals surface area contributed by atoms with Gasteiger partial charge in [0, 0.05) is 4.48 Å². The molecule has 0 atom stereocenters. The van der Waals surface area contributed by atoms with Gasteiger partial charge in [0.25, 0.3) is 0 Å². The van der Waals surface area contributed by atoms with Crippen LogP contribution in [0.3, 0.4) is 0 Å². The van der Waals surface area contributed by atoms with E-state index in [0.717, 1.165) is 20.3 Å². The number of aliphatic hydroxyl groups excluding tert-OH is 1. The van der Waals surface area contributed by atoms with E-state index in [0.29, 0.717) is 6.61 Å². The Morgan fingerprint density at radius 1 is 1.50 bits per heavy atom. The van der Waals surface area contributed by atoms with Crippen LogP contribution in [0.4, 0.5) is 0 Å². The van der Waals surface area contributed by atoms with Crippen molar-refractivity contribution >= 4 is 31.9 Å². The summed E-state index contributed by atoms with van der Waals surface area (Å²) in [4.78, 5) is 0. The van der Waals surface area contributed by atoms with Crippen molar-refractivity contribution in [2.75, 3.05) is 6.61 Å². The van der Waals surface area contributed by atoms with E-state index in [4.69, 9.17) is 9.84 Å². The SMILES string of the molecule is C=C(Br)COc1ccc(CO)cc1Br. The molecule has 2 nitrogen and oxygen atoms in total. The number of aliphatic hydroxyl groups is 1. The number of ether oxygens (including phenoxy) is 1. The number of benzene rings is 1. The van der Waals surface area contributed by atoms with Gasteiger partial charge in [-0.3, -0.25) is 0 Å². The molecule has 0 aliphatic rings. The maximum atomic E-state index is 8.89. The van der Waals surface area contributed by atoms with Gasteiger partial charge in [-0.15, -0.1) is 0 Å². The van der Waals surface area contributed by atoms with Gasteiger partial charge in [0.15, 0.2) is 0 Å². The first-order chi connectivity index (χ1) is 6.63. The molecule has 0 saturated heterocycles. The first-order valence-electron chi connectivity index (χ1n) is 3.99. The molecule has 0 radical (unpaired) electrons. The van der Waals surface area contributed by atoms with Crippen LogP contribution in [0.5, 0.6) is 5.75 Å². The number of hydrogen-bond acceptors (Lipinski definition) is 2. The van der Waals surface area contributed by atoms with Crippen LogP contribution in [0.15, 0.2) is 33.7 Å². The topological polar surface area (TPSA) is 29.5 Å². The van der Waals surface area contributed by atoms with Crippen LogP contribution in [-0.2, 0) is 6.61 Å². The maximum Gasteiger partial charge on any atom is 0.134 e. The zero-order chi connectivity index (χ0) is 10.6. The van der Waals surface area contributed by atoms with E-state index in [2.05, 4.69) is 38.4 Å². The smallest absolute Gasteiger partial charge is 0.134 e. The largest absolute Gasteiger partial charge is 0.487 e. The Morgan fingerprint density at radius 3 is 2.71 bits per heavy atom. The van der Waals surface area contributed by atoms with E-state index < -0.39 is 0 Å². The number of hydrogen-bond donors (Lipinski definition) is 1. The third-order valence-corrected chi connectivity index (χ3v) is 2.41. The molecule has 76 valence electrons. The summed E-state index contributed by atoms with van der Waals surface area (Å²) in [5, 5.41) is 8.89. The lowest BCUT2D eigenvalue weighted by Gasteiger charge is -2.08. The molecule has 1 aromatic carbocycles. The van der Waals surface area contributed by atoms with Crippen molar-refractivity contribution in [3.05, 3.63) is 39.3 Å². The summed E-state index contributed by atoms with van der Waals surface area (Å²) < 4.78 is 7.04. The van der Waals surface area contributed by atoms with E-state index in [1.165, 1.54) is 0 Å². The van der Waals surface area contributed by atoms with Crippen molar-refractivity contribution < 1.29 is 9.84 Å². The Bertz CT molecular complexity index is 337. The van der Waals surface area contributed by atoms with Crippen molar-refractivity contribution in [3.8, 4) is 5.75 Å². The maximum absolute atomic E-state index is 8.89. The quantitative estimate of drug-likeness (QED) is 0.922. The zero-order valence-corrected chi connectivity index (χ0v) is 10.6. The van der Waals surface area contributed by atoms with Gasteiger partial charge >= 0.3 is 0 Å². The summed E-state index contributed by atoms with van der Waals surface area (Å²) in [5.41, 5.74) is 0.849. The molecule has 0 heterocycles. The van der Waals surface area contributed by atoms with Crippen LogP contribution in [0.2, 0.25) is 0 Å². The van der Waals surface area contributed by atoms with Crippen LogP contribution in [0.1, 0.15) is 5.56 Å². The summed E-state index contributed by atoms with van der Waals surface area (Å²) in [6, 6.07) is 5.45. The molecule has 4 heteroatoms. The van der Waals surface area contributed by atoms with E-state index >= 15 is 0 Å². The fourth-order valence-corrected chi connectivity index (χ4v) is 1.57. The fourth-order valence-electron chi connectivity index (χ4n) is 0.916. The van der Waals surface area contributed by atoms with E-state index in [1.807, 2.05) is 18.2 Å². The minimum absolute atomic E-state index is 0.0318. The fraction of sp³-hybridized carbons (Fsp3) is 0.200. The van der Waals surface area contributed by atoms with Gasteiger partial charge in [-0.25, -0.2) is 0 Å². The lowest BCUT2D eigenvalue weighted by molar-refractivity contribution is 0.281. The van der Waals surface area contributed by atoms with Crippen molar-refractivity contribution in [2.45, 2.75) is 6.61 Å². The highest BCUT2D eigenvalue weighted by molar-refractivity contribution is 9.11. The standard InChI is InChI=1S/C10H10Br2O2/c1-7(11)6-14-10-3-2-8(5-13)4-9(10)12/h2-4,13H,1,5-6H2. The first kappa shape index (κ1) is 11.8. The second-order valence-electron chi connectivity index (χ2n) is 2.73. The molecule has 0 saturated carbocycles. The Labute approximate surface area is 99.8 Å². The molecule has 0 spiro atoms. The monoisotopic (exact) mass is 320 g/mol. The summed E-state index contributed by atoms with van der Waals surface area (Å²) >= 11 is 6.57. The zero-order valence-electron chi connectivity index (χ0n) is 7.46. The minimum Gasteiger partial charge on any atom is -0.487 e. The molecule has 0 aliphatic carbocycles. The summed E-state index contributed by atoms with van der Waals surface area (Å²) in [6.45, 7) is 4.13. The van der Waals surface area contributed by atoms with E-state index in [1.54, 1.807) is 0 Å². The van der Waals surface area contributed by atoms with E-state index in [-0.39, 0.29) is 6.61 Å². The molecule has 0 amide bonds. The van der Waals surface area contributed by atoms with Crippen molar-refractivity contribution in [1.82, 2.24) is 0 Å². The van der Waals surface area contributed by atoms with Gasteiger partial charge in [0.05, 0.1) is 11.1 Å². The molecular formula is C10H10Br2O2. The van der Waals surface area contributed by atoms with Gasteiger partial charge < -0.3 is 9.84 Å². The average molecular weight is 322 g/mol. The third kappa shape index (κ3) is 3.44.